The Bertz CT molecular complexity index is 950. The van der Waals surface area contributed by atoms with Gasteiger partial charge in [-0.1, -0.05) is 0 Å². The van der Waals surface area contributed by atoms with Gasteiger partial charge in [0.1, 0.15) is 17.0 Å². The van der Waals surface area contributed by atoms with Crippen molar-refractivity contribution in [2.75, 3.05) is 11.9 Å². The van der Waals surface area contributed by atoms with Gasteiger partial charge in [-0.2, -0.15) is 0 Å². The number of aromatic nitrogens is 1. The molecular formula is C17H14FN3O4. The van der Waals surface area contributed by atoms with Crippen LogP contribution in [0.1, 0.15) is 17.4 Å². The maximum absolute atomic E-state index is 13.0. The molecule has 1 aromatic heterocycles. The van der Waals surface area contributed by atoms with Crippen molar-refractivity contribution in [2.24, 2.45) is 0 Å². The van der Waals surface area contributed by atoms with Gasteiger partial charge in [0.2, 0.25) is 0 Å². The highest BCUT2D eigenvalue weighted by atomic mass is 19.1. The van der Waals surface area contributed by atoms with Gasteiger partial charge < -0.3 is 15.0 Å². The number of halogens is 1. The normalized spacial score (nSPS) is 10.6. The molecule has 0 radical (unpaired) electrons. The Morgan fingerprint density at radius 2 is 2.00 bits per heavy atom. The number of hydrogen-bond acceptors (Lipinski definition) is 5. The van der Waals surface area contributed by atoms with Crippen LogP contribution in [-0.4, -0.2) is 22.5 Å². The largest absolute Gasteiger partial charge is 0.461 e. The molecule has 25 heavy (non-hydrogen) atoms. The molecule has 0 bridgehead atoms. The SMILES string of the molecule is CCOC(=O)c1cc2c(Nc3ccc(F)cc3)ccc([N+](=O)[O-])c2[nH]1. The Balaban J connectivity index is 2.09. The number of H-pyrrole nitrogens is 1. The van der Waals surface area contributed by atoms with Crippen molar-refractivity contribution in [1.29, 1.82) is 0 Å². The van der Waals surface area contributed by atoms with Gasteiger partial charge in [0.25, 0.3) is 5.69 Å². The molecule has 0 aliphatic rings. The number of fused-ring (bicyclic) bond motifs is 1. The van der Waals surface area contributed by atoms with Gasteiger partial charge in [0.15, 0.2) is 0 Å². The molecule has 1 heterocycles. The lowest BCUT2D eigenvalue weighted by atomic mass is 10.1. The first-order chi connectivity index (χ1) is 12.0. The lowest BCUT2D eigenvalue weighted by Crippen LogP contribution is -2.04. The molecule has 2 aromatic carbocycles. The summed E-state index contributed by atoms with van der Waals surface area (Å²) >= 11 is 0. The van der Waals surface area contributed by atoms with Gasteiger partial charge in [0.05, 0.1) is 11.5 Å². The van der Waals surface area contributed by atoms with Crippen LogP contribution in [0, 0.1) is 15.9 Å². The second-order valence-corrected chi connectivity index (χ2v) is 5.21. The van der Waals surface area contributed by atoms with E-state index in [0.29, 0.717) is 16.8 Å². The minimum absolute atomic E-state index is 0.119. The Morgan fingerprint density at radius 1 is 1.28 bits per heavy atom. The number of nitrogens with zero attached hydrogens (tertiary/aromatic N) is 1. The molecule has 0 unspecified atom stereocenters. The molecule has 8 heteroatoms. The summed E-state index contributed by atoms with van der Waals surface area (Å²) in [5.41, 5.74) is 1.32. The fourth-order valence-corrected chi connectivity index (χ4v) is 2.47. The Kier molecular flexibility index (Phi) is 4.34. The molecule has 0 fully saturated rings. The minimum Gasteiger partial charge on any atom is -0.461 e. The summed E-state index contributed by atoms with van der Waals surface area (Å²) in [4.78, 5) is 25.4. The van der Waals surface area contributed by atoms with Crippen LogP contribution in [0.2, 0.25) is 0 Å². The van der Waals surface area contributed by atoms with Crippen LogP contribution in [0.3, 0.4) is 0 Å². The summed E-state index contributed by atoms with van der Waals surface area (Å²) in [7, 11) is 0. The molecule has 0 aliphatic heterocycles. The fraction of sp³-hybridized carbons (Fsp3) is 0.118. The molecule has 0 spiro atoms. The van der Waals surface area contributed by atoms with E-state index in [1.165, 1.54) is 30.3 Å². The standard InChI is InChI=1S/C17H14FN3O4/c1-2-25-17(22)14-9-12-13(19-11-5-3-10(18)4-6-11)7-8-15(21(23)24)16(12)20-14/h3-9,19-20H,2H2,1H3. The van der Waals surface area contributed by atoms with Crippen LogP contribution in [0.25, 0.3) is 10.9 Å². The summed E-state index contributed by atoms with van der Waals surface area (Å²) in [6, 6.07) is 10.0. The van der Waals surface area contributed by atoms with Crippen LogP contribution in [0.15, 0.2) is 42.5 Å². The number of non-ortho nitro benzene ring substituents is 1. The van der Waals surface area contributed by atoms with Gasteiger partial charge in [-0.25, -0.2) is 9.18 Å². The topological polar surface area (TPSA) is 97.3 Å². The number of hydrogen-bond donors (Lipinski definition) is 2. The molecule has 0 saturated heterocycles. The van der Waals surface area contributed by atoms with Gasteiger partial charge in [-0.15, -0.1) is 0 Å². The smallest absolute Gasteiger partial charge is 0.354 e. The number of carbonyl (C=O) groups is 1. The number of carbonyl (C=O) groups excluding carboxylic acids is 1. The number of nitro benzene ring substituents is 1. The first-order valence-corrected chi connectivity index (χ1v) is 7.49. The number of rotatable bonds is 5. The van der Waals surface area contributed by atoms with E-state index in [9.17, 15) is 19.3 Å². The van der Waals surface area contributed by atoms with E-state index in [1.807, 2.05) is 0 Å². The maximum Gasteiger partial charge on any atom is 0.354 e. The van der Waals surface area contributed by atoms with Crippen molar-refractivity contribution >= 4 is 33.9 Å². The quantitative estimate of drug-likeness (QED) is 0.412. The molecule has 0 amide bonds. The zero-order valence-electron chi connectivity index (χ0n) is 13.2. The van der Waals surface area contributed by atoms with Gasteiger partial charge in [-0.3, -0.25) is 10.1 Å². The maximum atomic E-state index is 13.0. The van der Waals surface area contributed by atoms with Gasteiger partial charge in [0, 0.05) is 22.8 Å². The monoisotopic (exact) mass is 343 g/mol. The first-order valence-electron chi connectivity index (χ1n) is 7.49. The van der Waals surface area contributed by atoms with Crippen LogP contribution < -0.4 is 5.32 Å². The third kappa shape index (κ3) is 3.27. The van der Waals surface area contributed by atoms with E-state index < -0.39 is 10.9 Å². The second-order valence-electron chi connectivity index (χ2n) is 5.21. The van der Waals surface area contributed by atoms with E-state index in [0.717, 1.165) is 0 Å². The average molecular weight is 343 g/mol. The number of nitro groups is 1. The van der Waals surface area contributed by atoms with Crippen molar-refractivity contribution < 1.29 is 18.8 Å². The Labute approximate surface area is 141 Å². The van der Waals surface area contributed by atoms with E-state index >= 15 is 0 Å². The number of ether oxygens (including phenoxy) is 1. The van der Waals surface area contributed by atoms with Crippen molar-refractivity contribution in [1.82, 2.24) is 4.98 Å². The number of nitrogens with one attached hydrogen (secondary N) is 2. The average Bonchev–Trinajstić information content (AvgIpc) is 3.03. The molecule has 0 saturated carbocycles. The van der Waals surface area contributed by atoms with Gasteiger partial charge in [-0.05, 0) is 43.3 Å². The van der Waals surface area contributed by atoms with E-state index in [-0.39, 0.29) is 29.3 Å². The highest BCUT2D eigenvalue weighted by molar-refractivity contribution is 6.04. The lowest BCUT2D eigenvalue weighted by molar-refractivity contribution is -0.383. The summed E-state index contributed by atoms with van der Waals surface area (Å²) in [5.74, 6) is -0.966. The number of benzene rings is 2. The highest BCUT2D eigenvalue weighted by Gasteiger charge is 2.20. The number of anilines is 2. The summed E-state index contributed by atoms with van der Waals surface area (Å²) in [5, 5.41) is 14.8. The Morgan fingerprint density at radius 3 is 2.64 bits per heavy atom. The zero-order valence-corrected chi connectivity index (χ0v) is 13.2. The summed E-state index contributed by atoms with van der Waals surface area (Å²) in [6.07, 6.45) is 0. The third-order valence-electron chi connectivity index (χ3n) is 3.59. The molecule has 7 nitrogen and oxygen atoms in total. The summed E-state index contributed by atoms with van der Waals surface area (Å²) in [6.45, 7) is 1.86. The van der Waals surface area contributed by atoms with Crippen molar-refractivity contribution in [3.63, 3.8) is 0 Å². The number of aromatic amines is 1. The van der Waals surface area contributed by atoms with Crippen molar-refractivity contribution in [2.45, 2.75) is 6.92 Å². The van der Waals surface area contributed by atoms with Crippen LogP contribution in [0.5, 0.6) is 0 Å². The predicted molar refractivity (Wildman–Crippen MR) is 90.6 cm³/mol. The zero-order chi connectivity index (χ0) is 18.0. The number of esters is 1. The van der Waals surface area contributed by atoms with E-state index in [2.05, 4.69) is 10.3 Å². The third-order valence-corrected chi connectivity index (χ3v) is 3.59. The molecule has 2 N–H and O–H groups in total. The predicted octanol–water partition coefficient (Wildman–Crippen LogP) is 4.14. The second kappa shape index (κ2) is 6.60. The molecular weight excluding hydrogens is 329 g/mol. The van der Waals surface area contributed by atoms with Crippen LogP contribution in [-0.2, 0) is 4.74 Å². The van der Waals surface area contributed by atoms with Gasteiger partial charge >= 0.3 is 5.97 Å². The molecule has 128 valence electrons. The highest BCUT2D eigenvalue weighted by Crippen LogP contribution is 2.33. The fourth-order valence-electron chi connectivity index (χ4n) is 2.47. The lowest BCUT2D eigenvalue weighted by Gasteiger charge is -2.08. The van der Waals surface area contributed by atoms with Crippen molar-refractivity contribution in [3.8, 4) is 0 Å². The molecule has 0 aliphatic carbocycles. The van der Waals surface area contributed by atoms with Crippen LogP contribution >= 0.6 is 0 Å². The Hall–Kier alpha value is -3.42. The first kappa shape index (κ1) is 16.4. The van der Waals surface area contributed by atoms with Crippen LogP contribution in [0.4, 0.5) is 21.5 Å². The van der Waals surface area contributed by atoms with Crippen molar-refractivity contribution in [3.05, 3.63) is 64.1 Å². The molecule has 0 atom stereocenters. The molecule has 3 rings (SSSR count). The van der Waals surface area contributed by atoms with E-state index in [4.69, 9.17) is 4.74 Å². The van der Waals surface area contributed by atoms with E-state index in [1.54, 1.807) is 19.1 Å². The minimum atomic E-state index is -0.597. The molecule has 3 aromatic rings. The summed E-state index contributed by atoms with van der Waals surface area (Å²) < 4.78 is 18.0.